The highest BCUT2D eigenvalue weighted by Gasteiger charge is 2.38. The average molecular weight is 410 g/mol. The number of nitrogens with zero attached hydrogens (tertiary/aromatic N) is 2. The van der Waals surface area contributed by atoms with Crippen LogP contribution in [0.25, 0.3) is 0 Å². The van der Waals surface area contributed by atoms with Crippen molar-refractivity contribution in [3.8, 4) is 0 Å². The lowest BCUT2D eigenvalue weighted by molar-refractivity contribution is -0.138. The van der Waals surface area contributed by atoms with E-state index in [0.717, 1.165) is 36.4 Å². The van der Waals surface area contributed by atoms with Crippen molar-refractivity contribution in [2.24, 2.45) is 11.8 Å². The molecule has 4 nitrogen and oxygen atoms in total. The van der Waals surface area contributed by atoms with Gasteiger partial charge in [0, 0.05) is 50.3 Å². The van der Waals surface area contributed by atoms with Gasteiger partial charge >= 0.3 is 6.18 Å². The smallest absolute Gasteiger partial charge is 0.396 e. The van der Waals surface area contributed by atoms with Crippen LogP contribution in [-0.2, 0) is 17.5 Å². The van der Waals surface area contributed by atoms with Crippen molar-refractivity contribution >= 4 is 5.91 Å². The Bertz CT molecular complexity index is 743. The predicted octanol–water partition coefficient (Wildman–Crippen LogP) is 4.05. The van der Waals surface area contributed by atoms with Gasteiger partial charge in [-0.3, -0.25) is 9.69 Å². The summed E-state index contributed by atoms with van der Waals surface area (Å²) < 4.78 is 38.2. The molecule has 29 heavy (non-hydrogen) atoms. The van der Waals surface area contributed by atoms with E-state index in [1.807, 2.05) is 4.90 Å². The van der Waals surface area contributed by atoms with Gasteiger partial charge in [0.05, 0.1) is 5.56 Å². The van der Waals surface area contributed by atoms with E-state index in [4.69, 9.17) is 0 Å². The van der Waals surface area contributed by atoms with Crippen LogP contribution in [0.4, 0.5) is 13.2 Å². The first-order valence-electron chi connectivity index (χ1n) is 10.2. The first kappa shape index (κ1) is 21.8. The minimum Gasteiger partial charge on any atom is -0.396 e. The number of piperidine rings is 1. The molecule has 1 saturated heterocycles. The lowest BCUT2D eigenvalue weighted by atomic mass is 9.86. The fourth-order valence-electron chi connectivity index (χ4n) is 4.42. The molecule has 0 bridgehead atoms. The zero-order valence-corrected chi connectivity index (χ0v) is 17.0. The lowest BCUT2D eigenvalue weighted by Crippen LogP contribution is -2.51. The van der Waals surface area contributed by atoms with Gasteiger partial charge in [0.2, 0.25) is 5.91 Å². The number of aliphatic hydroxyl groups is 1. The van der Waals surface area contributed by atoms with Crippen molar-refractivity contribution in [3.05, 3.63) is 47.2 Å². The molecule has 1 aromatic rings. The van der Waals surface area contributed by atoms with Crippen molar-refractivity contribution in [1.29, 1.82) is 0 Å². The van der Waals surface area contributed by atoms with Crippen molar-refractivity contribution in [3.63, 3.8) is 0 Å². The Kier molecular flexibility index (Phi) is 6.69. The van der Waals surface area contributed by atoms with E-state index in [1.165, 1.54) is 12.1 Å². The van der Waals surface area contributed by atoms with Gasteiger partial charge in [-0.15, -0.1) is 0 Å². The van der Waals surface area contributed by atoms with Gasteiger partial charge in [0.15, 0.2) is 0 Å². The summed E-state index contributed by atoms with van der Waals surface area (Å²) in [6, 6.07) is 5.32. The maximum absolute atomic E-state index is 12.7. The molecule has 1 N–H and O–H groups in total. The molecule has 0 radical (unpaired) electrons. The van der Waals surface area contributed by atoms with E-state index in [1.54, 1.807) is 0 Å². The van der Waals surface area contributed by atoms with Gasteiger partial charge in [-0.1, -0.05) is 32.1 Å². The quantitative estimate of drug-likeness (QED) is 0.770. The number of halogens is 3. The number of hydrogen-bond donors (Lipinski definition) is 1. The second-order valence-electron chi connectivity index (χ2n) is 8.34. The molecule has 1 amide bonds. The van der Waals surface area contributed by atoms with Gasteiger partial charge in [-0.05, 0) is 36.5 Å². The summed E-state index contributed by atoms with van der Waals surface area (Å²) >= 11 is 0. The van der Waals surface area contributed by atoms with Crippen LogP contribution >= 0.6 is 0 Å². The molecular formula is C22H29F3N2O2. The van der Waals surface area contributed by atoms with Gasteiger partial charge in [-0.2, -0.15) is 13.2 Å². The molecule has 7 heteroatoms. The summed E-state index contributed by atoms with van der Waals surface area (Å²) in [6.45, 7) is 6.19. The van der Waals surface area contributed by atoms with Gasteiger partial charge in [0.1, 0.15) is 0 Å². The molecule has 160 valence electrons. The second-order valence-corrected chi connectivity index (χ2v) is 8.34. The molecule has 0 aliphatic carbocycles. The SMILES string of the molecule is CC(C)[C@@H](CCO)N1C(=O)CC[C@@H]2CN(Cc3ccc(C(F)(F)F)cc3)CC=C21. The van der Waals surface area contributed by atoms with Crippen molar-refractivity contribution in [1.82, 2.24) is 9.80 Å². The number of rotatable bonds is 6. The van der Waals surface area contributed by atoms with Crippen molar-refractivity contribution in [2.45, 2.75) is 51.9 Å². The zero-order valence-electron chi connectivity index (χ0n) is 17.0. The molecule has 2 atom stereocenters. The third kappa shape index (κ3) is 5.01. The Labute approximate surface area is 170 Å². The molecule has 0 aromatic heterocycles. The largest absolute Gasteiger partial charge is 0.416 e. The summed E-state index contributed by atoms with van der Waals surface area (Å²) in [6.07, 6.45) is -0.398. The monoisotopic (exact) mass is 410 g/mol. The predicted molar refractivity (Wildman–Crippen MR) is 105 cm³/mol. The number of carbonyl (C=O) groups is 1. The standard InChI is InChI=1S/C22H29F3N2O2/c1-15(2)19(10-12-28)27-20-9-11-26(14-17(20)5-8-21(27)29)13-16-3-6-18(7-4-16)22(23,24)25/h3-4,6-7,9,15,17,19,28H,5,8,10-14H2,1-2H3/t17-,19-/m1/s1. The van der Waals surface area contributed by atoms with Gasteiger partial charge < -0.3 is 10.0 Å². The van der Waals surface area contributed by atoms with Crippen LogP contribution in [0.1, 0.15) is 44.2 Å². The maximum atomic E-state index is 12.7. The molecule has 2 aliphatic heterocycles. The fraction of sp³-hybridized carbons (Fsp3) is 0.591. The first-order chi connectivity index (χ1) is 13.7. The molecule has 1 fully saturated rings. The summed E-state index contributed by atoms with van der Waals surface area (Å²) in [5.41, 5.74) is 1.27. The molecule has 2 aliphatic rings. The number of hydrogen-bond acceptors (Lipinski definition) is 3. The van der Waals surface area contributed by atoms with Gasteiger partial charge in [-0.25, -0.2) is 0 Å². The van der Waals surface area contributed by atoms with E-state index in [9.17, 15) is 23.1 Å². The highest BCUT2D eigenvalue weighted by molar-refractivity contribution is 5.80. The Morgan fingerprint density at radius 3 is 2.48 bits per heavy atom. The number of likely N-dealkylation sites (tertiary alicyclic amines) is 1. The molecule has 2 heterocycles. The Morgan fingerprint density at radius 2 is 1.90 bits per heavy atom. The molecule has 1 aromatic carbocycles. The summed E-state index contributed by atoms with van der Waals surface area (Å²) in [4.78, 5) is 16.8. The summed E-state index contributed by atoms with van der Waals surface area (Å²) in [7, 11) is 0. The van der Waals surface area contributed by atoms with Crippen LogP contribution in [0.2, 0.25) is 0 Å². The number of fused-ring (bicyclic) bond motifs is 1. The Hall–Kier alpha value is -1.86. The van der Waals surface area contributed by atoms with E-state index in [2.05, 4.69) is 24.8 Å². The number of alkyl halides is 3. The molecule has 0 spiro atoms. The molecule has 3 rings (SSSR count). The first-order valence-corrected chi connectivity index (χ1v) is 10.2. The third-order valence-corrected chi connectivity index (χ3v) is 5.92. The molecule has 0 saturated carbocycles. The number of amides is 1. The van der Waals surface area contributed by atoms with Crippen molar-refractivity contribution in [2.75, 3.05) is 19.7 Å². The summed E-state index contributed by atoms with van der Waals surface area (Å²) in [5.74, 6) is 0.600. The van der Waals surface area contributed by atoms with E-state index in [-0.39, 0.29) is 30.4 Å². The van der Waals surface area contributed by atoms with Crippen LogP contribution in [0.3, 0.4) is 0 Å². The third-order valence-electron chi connectivity index (χ3n) is 5.92. The topological polar surface area (TPSA) is 43.8 Å². The highest BCUT2D eigenvalue weighted by atomic mass is 19.4. The van der Waals surface area contributed by atoms with Crippen LogP contribution in [0, 0.1) is 11.8 Å². The normalized spacial score (nSPS) is 21.9. The Balaban J connectivity index is 1.72. The minimum absolute atomic E-state index is 0.0111. The van der Waals surface area contributed by atoms with Crippen LogP contribution < -0.4 is 0 Å². The Morgan fingerprint density at radius 1 is 1.21 bits per heavy atom. The summed E-state index contributed by atoms with van der Waals surface area (Å²) in [5, 5.41) is 9.44. The van der Waals surface area contributed by atoms with Crippen LogP contribution in [0.15, 0.2) is 36.0 Å². The highest BCUT2D eigenvalue weighted by Crippen LogP contribution is 2.36. The van der Waals surface area contributed by atoms with E-state index in [0.29, 0.717) is 25.9 Å². The molecular weight excluding hydrogens is 381 g/mol. The average Bonchev–Trinajstić information content (AvgIpc) is 2.66. The number of benzene rings is 1. The van der Waals surface area contributed by atoms with Crippen LogP contribution in [0.5, 0.6) is 0 Å². The van der Waals surface area contributed by atoms with E-state index < -0.39 is 11.7 Å². The maximum Gasteiger partial charge on any atom is 0.416 e. The van der Waals surface area contributed by atoms with Crippen molar-refractivity contribution < 1.29 is 23.1 Å². The van der Waals surface area contributed by atoms with E-state index >= 15 is 0 Å². The second kappa shape index (κ2) is 8.88. The zero-order chi connectivity index (χ0) is 21.2. The number of aliphatic hydroxyl groups excluding tert-OH is 1. The fourth-order valence-corrected chi connectivity index (χ4v) is 4.42. The minimum atomic E-state index is -4.32. The molecule has 0 unspecified atom stereocenters. The van der Waals surface area contributed by atoms with Gasteiger partial charge in [0.25, 0.3) is 0 Å². The lowest BCUT2D eigenvalue weighted by Gasteiger charge is -2.45. The number of carbonyl (C=O) groups excluding carboxylic acids is 1. The van der Waals surface area contributed by atoms with Crippen LogP contribution in [-0.4, -0.2) is 46.6 Å².